The Kier molecular flexibility index (Phi) is 10.6. The first-order valence-electron chi connectivity index (χ1n) is 27.7. The van der Waals surface area contributed by atoms with Gasteiger partial charge in [0.1, 0.15) is 5.82 Å². The third kappa shape index (κ3) is 6.79. The fourth-order valence-corrected chi connectivity index (χ4v) is 14.0. The summed E-state index contributed by atoms with van der Waals surface area (Å²) < 4.78 is 2.45. The number of pyridine rings is 1. The lowest BCUT2D eigenvalue weighted by Gasteiger charge is -2.46. The molecule has 0 fully saturated rings. The van der Waals surface area contributed by atoms with Crippen molar-refractivity contribution in [3.63, 3.8) is 0 Å². The van der Waals surface area contributed by atoms with Crippen molar-refractivity contribution in [1.82, 2.24) is 9.55 Å². The Morgan fingerprint density at radius 3 is 1.45 bits per heavy atom. The molecule has 2 aromatic heterocycles. The van der Waals surface area contributed by atoms with E-state index in [0.29, 0.717) is 0 Å². The van der Waals surface area contributed by atoms with Crippen LogP contribution in [0.5, 0.6) is 0 Å². The summed E-state index contributed by atoms with van der Waals surface area (Å²) in [4.78, 5) is 7.97. The molecular formula is C76H50BN3. The number of benzene rings is 12. The highest BCUT2D eigenvalue weighted by molar-refractivity contribution is 7.01. The van der Waals surface area contributed by atoms with Gasteiger partial charge in [0.2, 0.25) is 6.71 Å². The molecule has 0 N–H and O–H groups in total. The third-order valence-electron chi connectivity index (χ3n) is 17.2. The zero-order valence-corrected chi connectivity index (χ0v) is 43.8. The van der Waals surface area contributed by atoms with E-state index in [1.807, 2.05) is 0 Å². The van der Waals surface area contributed by atoms with Crippen LogP contribution in [-0.2, 0) is 5.41 Å². The molecule has 0 saturated heterocycles. The standard InChI is InChI=1S/C76H50BN3/c1-7-26-51(27-8-1)58-40-25-41-61-73-71(52-28-9-2-10-29-52)59-38-19-20-39-60(59)72(53-30-11-3-12-31-53)75(73)77(74(58)61)56-46-47-66-62(48-56)63-50-78-70(49-69(63)79(66)57-36-17-6-18-37-57)80-67-44-23-21-42-64(67)76(54-32-13-4-14-33-54,55-34-15-5-16-35-55)65-43-22-24-45-68(65)80/h1-50H. The van der Waals surface area contributed by atoms with Gasteiger partial charge in [-0.3, -0.25) is 4.90 Å². The molecule has 2 aliphatic heterocycles. The number of nitrogens with zero attached hydrogens (tertiary/aromatic N) is 3. The van der Waals surface area contributed by atoms with Gasteiger partial charge in [0.15, 0.2) is 0 Å². The van der Waals surface area contributed by atoms with E-state index in [2.05, 4.69) is 313 Å². The van der Waals surface area contributed by atoms with E-state index in [1.165, 1.54) is 93.9 Å². The molecule has 12 aromatic carbocycles. The minimum absolute atomic E-state index is 0.124. The first kappa shape index (κ1) is 45.9. The lowest BCUT2D eigenvalue weighted by Crippen LogP contribution is -2.50. The average Bonchev–Trinajstić information content (AvgIpc) is 3.44. The van der Waals surface area contributed by atoms with Crippen molar-refractivity contribution in [1.29, 1.82) is 0 Å². The van der Waals surface area contributed by atoms with Crippen LogP contribution in [0, 0.1) is 0 Å². The summed E-state index contributed by atoms with van der Waals surface area (Å²) in [5.41, 5.74) is 23.7. The zero-order chi connectivity index (χ0) is 52.7. The number of hydrogen-bond acceptors (Lipinski definition) is 2. The summed E-state index contributed by atoms with van der Waals surface area (Å²) in [5, 5.41) is 4.75. The zero-order valence-electron chi connectivity index (χ0n) is 43.8. The Labute approximate surface area is 466 Å². The second kappa shape index (κ2) is 18.4. The number of aromatic nitrogens is 2. The molecule has 80 heavy (non-hydrogen) atoms. The maximum absolute atomic E-state index is 5.58. The smallest absolute Gasteiger partial charge is 0.244 e. The highest BCUT2D eigenvalue weighted by atomic mass is 15.2. The summed E-state index contributed by atoms with van der Waals surface area (Å²) in [6.07, 6.45) is 2.14. The Morgan fingerprint density at radius 2 is 0.838 bits per heavy atom. The minimum Gasteiger partial charge on any atom is -0.309 e. The molecule has 0 amide bonds. The molecule has 0 aliphatic carbocycles. The first-order chi connectivity index (χ1) is 39.8. The van der Waals surface area contributed by atoms with Crippen molar-refractivity contribution < 1.29 is 0 Å². The van der Waals surface area contributed by atoms with Crippen LogP contribution in [0.4, 0.5) is 17.2 Å². The molecule has 0 atom stereocenters. The molecule has 4 heteroatoms. The monoisotopic (exact) mass is 1020 g/mol. The van der Waals surface area contributed by atoms with E-state index in [0.717, 1.165) is 44.7 Å². The van der Waals surface area contributed by atoms with Crippen molar-refractivity contribution in [2.75, 3.05) is 4.90 Å². The van der Waals surface area contributed by atoms with Crippen LogP contribution in [-0.4, -0.2) is 16.3 Å². The Bertz CT molecular complexity index is 4600. The quantitative estimate of drug-likeness (QED) is 0.141. The molecule has 2 aliphatic rings. The van der Waals surface area contributed by atoms with Gasteiger partial charge in [-0.15, -0.1) is 0 Å². The highest BCUT2D eigenvalue weighted by Gasteiger charge is 2.47. The van der Waals surface area contributed by atoms with Crippen molar-refractivity contribution in [3.8, 4) is 50.2 Å². The van der Waals surface area contributed by atoms with Gasteiger partial charge in [0.25, 0.3) is 0 Å². The normalized spacial score (nSPS) is 13.1. The Balaban J connectivity index is 0.968. The second-order valence-electron chi connectivity index (χ2n) is 21.2. The molecule has 16 rings (SSSR count). The molecular weight excluding hydrogens is 966 g/mol. The summed E-state index contributed by atoms with van der Waals surface area (Å²) >= 11 is 0. The molecule has 0 bridgehead atoms. The number of para-hydroxylation sites is 3. The SMILES string of the molecule is c1ccc(-c2cccc3c2B(c2ccc4c(c2)c2cnc(N5c6ccccc6C(c6ccccc6)(c6ccccc6)c6ccccc65)cc2n4-c2ccccc2)c2c-3c(-c3ccccc3)c3ccccc3c2-c2ccccc2)cc1. The maximum Gasteiger partial charge on any atom is 0.244 e. The van der Waals surface area contributed by atoms with Gasteiger partial charge < -0.3 is 4.57 Å². The summed E-state index contributed by atoms with van der Waals surface area (Å²) in [6, 6.07) is 110. The number of hydrogen-bond donors (Lipinski definition) is 0. The number of fused-ring (bicyclic) bond motifs is 9. The molecule has 0 radical (unpaired) electrons. The predicted octanol–water partition coefficient (Wildman–Crippen LogP) is 17.0. The fourth-order valence-electron chi connectivity index (χ4n) is 14.0. The average molecular weight is 1020 g/mol. The van der Waals surface area contributed by atoms with Gasteiger partial charge in [0, 0.05) is 28.7 Å². The van der Waals surface area contributed by atoms with Gasteiger partial charge in [-0.2, -0.15) is 0 Å². The van der Waals surface area contributed by atoms with Crippen LogP contribution < -0.4 is 21.3 Å². The Hall–Kier alpha value is -10.3. The van der Waals surface area contributed by atoms with E-state index < -0.39 is 5.41 Å². The number of anilines is 3. The van der Waals surface area contributed by atoms with Crippen molar-refractivity contribution in [2.24, 2.45) is 0 Å². The highest BCUT2D eigenvalue weighted by Crippen LogP contribution is 2.57. The van der Waals surface area contributed by atoms with Gasteiger partial charge in [-0.25, -0.2) is 4.98 Å². The molecule has 0 spiro atoms. The van der Waals surface area contributed by atoms with E-state index in [-0.39, 0.29) is 6.71 Å². The van der Waals surface area contributed by atoms with Crippen LogP contribution in [0.25, 0.3) is 82.8 Å². The molecule has 4 heterocycles. The van der Waals surface area contributed by atoms with Gasteiger partial charge in [-0.05, 0) is 108 Å². The van der Waals surface area contributed by atoms with Gasteiger partial charge in [-0.1, -0.05) is 277 Å². The predicted molar refractivity (Wildman–Crippen MR) is 335 cm³/mol. The summed E-state index contributed by atoms with van der Waals surface area (Å²) in [6.45, 7) is -0.124. The third-order valence-corrected chi connectivity index (χ3v) is 17.2. The van der Waals surface area contributed by atoms with Gasteiger partial charge in [0.05, 0.1) is 27.8 Å². The van der Waals surface area contributed by atoms with Crippen LogP contribution in [0.2, 0.25) is 0 Å². The van der Waals surface area contributed by atoms with E-state index in [1.54, 1.807) is 0 Å². The van der Waals surface area contributed by atoms with Crippen LogP contribution in [0.15, 0.2) is 303 Å². The van der Waals surface area contributed by atoms with Crippen molar-refractivity contribution in [2.45, 2.75) is 5.41 Å². The summed E-state index contributed by atoms with van der Waals surface area (Å²) in [7, 11) is 0. The lowest BCUT2D eigenvalue weighted by molar-refractivity contribution is 0.730. The molecule has 0 saturated carbocycles. The first-order valence-corrected chi connectivity index (χ1v) is 27.7. The summed E-state index contributed by atoms with van der Waals surface area (Å²) in [5.74, 6) is 0.853. The van der Waals surface area contributed by atoms with E-state index >= 15 is 0 Å². The Morgan fingerprint density at radius 1 is 0.338 bits per heavy atom. The molecule has 3 nitrogen and oxygen atoms in total. The lowest BCUT2D eigenvalue weighted by atomic mass is 9.37. The second-order valence-corrected chi connectivity index (χ2v) is 21.2. The van der Waals surface area contributed by atoms with Gasteiger partial charge >= 0.3 is 0 Å². The minimum atomic E-state index is -0.585. The van der Waals surface area contributed by atoms with Crippen molar-refractivity contribution >= 4 is 72.9 Å². The fraction of sp³-hybridized carbons (Fsp3) is 0.0132. The van der Waals surface area contributed by atoms with Crippen LogP contribution in [0.3, 0.4) is 0 Å². The maximum atomic E-state index is 5.58. The number of rotatable bonds is 8. The molecule has 14 aromatic rings. The van der Waals surface area contributed by atoms with E-state index in [4.69, 9.17) is 4.98 Å². The topological polar surface area (TPSA) is 21.1 Å². The largest absolute Gasteiger partial charge is 0.309 e. The van der Waals surface area contributed by atoms with E-state index in [9.17, 15) is 0 Å². The van der Waals surface area contributed by atoms with Crippen LogP contribution >= 0.6 is 0 Å². The van der Waals surface area contributed by atoms with Crippen LogP contribution in [0.1, 0.15) is 22.3 Å². The van der Waals surface area contributed by atoms with Crippen molar-refractivity contribution in [3.05, 3.63) is 326 Å². The molecule has 0 unspecified atom stereocenters. The molecule has 372 valence electrons.